The fourth-order valence-electron chi connectivity index (χ4n) is 3.65. The molecule has 0 unspecified atom stereocenters. The molecule has 4 aromatic rings. The molecule has 1 N–H and O–H groups in total. The predicted octanol–water partition coefficient (Wildman–Crippen LogP) is 6.64. The number of nitrogens with one attached hydrogen (secondary N) is 1. The lowest BCUT2D eigenvalue weighted by Crippen LogP contribution is -2.20. The maximum Gasteiger partial charge on any atom is 0.453 e. The summed E-state index contributed by atoms with van der Waals surface area (Å²) in [6, 6.07) is 15.4. The van der Waals surface area contributed by atoms with Crippen molar-refractivity contribution in [2.45, 2.75) is 26.9 Å². The summed E-state index contributed by atoms with van der Waals surface area (Å²) in [5.74, 6) is -2.94. The Bertz CT molecular complexity index is 1540. The van der Waals surface area contributed by atoms with Crippen molar-refractivity contribution in [1.82, 2.24) is 0 Å². The third-order valence-corrected chi connectivity index (χ3v) is 5.48. The lowest BCUT2D eigenvalue weighted by atomic mass is 10.1. The molecule has 0 radical (unpaired) electrons. The zero-order valence-electron chi connectivity index (χ0n) is 20.8. The number of para-hydroxylation sites is 2. The molecule has 10 heteroatoms. The molecule has 0 fully saturated rings. The van der Waals surface area contributed by atoms with E-state index >= 15 is 0 Å². The molecular formula is C28H24F3NO6. The van der Waals surface area contributed by atoms with Crippen molar-refractivity contribution in [2.75, 3.05) is 18.5 Å². The quantitative estimate of drug-likeness (QED) is 0.277. The first kappa shape index (κ1) is 26.6. The van der Waals surface area contributed by atoms with E-state index in [1.54, 1.807) is 13.0 Å². The first-order chi connectivity index (χ1) is 18.1. The summed E-state index contributed by atoms with van der Waals surface area (Å²) in [4.78, 5) is 25.4. The topological polar surface area (TPSA) is 87.0 Å². The van der Waals surface area contributed by atoms with Gasteiger partial charge in [0.2, 0.25) is 11.2 Å². The predicted molar refractivity (Wildman–Crippen MR) is 135 cm³/mol. The third-order valence-electron chi connectivity index (χ3n) is 5.48. The van der Waals surface area contributed by atoms with Crippen LogP contribution in [0.3, 0.4) is 0 Å². The summed E-state index contributed by atoms with van der Waals surface area (Å²) >= 11 is 0. The SMILES string of the molecule is CCOc1ccccc1Oc1c(C(F)(F)F)oc2cc(OCC(=O)Nc3cc(C)ccc3C)ccc2c1=O. The highest BCUT2D eigenvalue weighted by molar-refractivity contribution is 5.92. The lowest BCUT2D eigenvalue weighted by Gasteiger charge is -2.15. The fraction of sp³-hybridized carbons (Fsp3) is 0.214. The van der Waals surface area contributed by atoms with E-state index < -0.39 is 35.6 Å². The molecule has 1 amide bonds. The van der Waals surface area contributed by atoms with Gasteiger partial charge in [-0.15, -0.1) is 0 Å². The number of amides is 1. The highest BCUT2D eigenvalue weighted by Gasteiger charge is 2.40. The molecule has 1 aromatic heterocycles. The number of rotatable bonds is 8. The molecule has 198 valence electrons. The van der Waals surface area contributed by atoms with Gasteiger partial charge in [-0.05, 0) is 62.2 Å². The van der Waals surface area contributed by atoms with E-state index in [0.717, 1.165) is 17.2 Å². The summed E-state index contributed by atoms with van der Waals surface area (Å²) in [7, 11) is 0. The molecule has 0 aliphatic carbocycles. The van der Waals surface area contributed by atoms with E-state index in [0.29, 0.717) is 5.69 Å². The third kappa shape index (κ3) is 5.91. The van der Waals surface area contributed by atoms with Gasteiger partial charge in [-0.25, -0.2) is 0 Å². The number of carbonyl (C=O) groups excluding carboxylic acids is 1. The van der Waals surface area contributed by atoms with Crippen LogP contribution in [-0.2, 0) is 11.0 Å². The van der Waals surface area contributed by atoms with E-state index in [-0.39, 0.29) is 34.8 Å². The Morgan fingerprint density at radius 3 is 2.42 bits per heavy atom. The Morgan fingerprint density at radius 1 is 0.974 bits per heavy atom. The first-order valence-corrected chi connectivity index (χ1v) is 11.6. The van der Waals surface area contributed by atoms with Crippen LogP contribution in [0.4, 0.5) is 18.9 Å². The number of fused-ring (bicyclic) bond motifs is 1. The number of alkyl halides is 3. The molecule has 7 nitrogen and oxygen atoms in total. The first-order valence-electron chi connectivity index (χ1n) is 11.6. The van der Waals surface area contributed by atoms with E-state index in [9.17, 15) is 22.8 Å². The van der Waals surface area contributed by atoms with Gasteiger partial charge in [0.25, 0.3) is 11.7 Å². The van der Waals surface area contributed by atoms with Crippen LogP contribution in [0.15, 0.2) is 69.9 Å². The zero-order chi connectivity index (χ0) is 27.4. The van der Waals surface area contributed by atoms with Crippen molar-refractivity contribution in [1.29, 1.82) is 0 Å². The molecule has 0 aliphatic heterocycles. The van der Waals surface area contributed by atoms with Crippen molar-refractivity contribution < 1.29 is 36.6 Å². The Kier molecular flexibility index (Phi) is 7.61. The van der Waals surface area contributed by atoms with Crippen molar-refractivity contribution in [3.8, 4) is 23.0 Å². The summed E-state index contributed by atoms with van der Waals surface area (Å²) < 4.78 is 63.1. The Labute approximate surface area is 215 Å². The minimum atomic E-state index is -5.04. The minimum Gasteiger partial charge on any atom is -0.490 e. The Hall–Kier alpha value is -4.47. The van der Waals surface area contributed by atoms with Crippen LogP contribution in [0.2, 0.25) is 0 Å². The maximum absolute atomic E-state index is 13.9. The summed E-state index contributed by atoms with van der Waals surface area (Å²) in [5.41, 5.74) is 1.04. The maximum atomic E-state index is 13.9. The number of aryl methyl sites for hydroxylation is 2. The molecule has 3 aromatic carbocycles. The number of hydrogen-bond donors (Lipinski definition) is 1. The summed E-state index contributed by atoms with van der Waals surface area (Å²) in [5, 5.41) is 2.57. The van der Waals surface area contributed by atoms with Crippen LogP contribution in [0, 0.1) is 13.8 Å². The van der Waals surface area contributed by atoms with Crippen LogP contribution in [-0.4, -0.2) is 19.1 Å². The molecule has 1 heterocycles. The van der Waals surface area contributed by atoms with Gasteiger partial charge < -0.3 is 23.9 Å². The van der Waals surface area contributed by atoms with Gasteiger partial charge in [0.05, 0.1) is 12.0 Å². The molecule has 0 aliphatic rings. The van der Waals surface area contributed by atoms with Crippen LogP contribution in [0.5, 0.6) is 23.0 Å². The standard InChI is InChI=1S/C28H24F3NO6/c1-4-35-21-7-5-6-8-22(21)37-26-25(34)19-12-11-18(14-23(19)38-27(26)28(29,30)31)36-15-24(33)32-20-13-16(2)9-10-17(20)3/h5-14H,4,15H2,1-3H3,(H,32,33). The number of ether oxygens (including phenoxy) is 3. The second-order valence-corrected chi connectivity index (χ2v) is 8.38. The van der Waals surface area contributed by atoms with Crippen molar-refractivity contribution >= 4 is 22.6 Å². The van der Waals surface area contributed by atoms with Gasteiger partial charge in [-0.2, -0.15) is 13.2 Å². The molecule has 38 heavy (non-hydrogen) atoms. The van der Waals surface area contributed by atoms with Gasteiger partial charge in [0.15, 0.2) is 18.1 Å². The van der Waals surface area contributed by atoms with Crippen LogP contribution >= 0.6 is 0 Å². The second kappa shape index (κ2) is 10.9. The van der Waals surface area contributed by atoms with Gasteiger partial charge in [0, 0.05) is 11.8 Å². The highest BCUT2D eigenvalue weighted by Crippen LogP contribution is 2.40. The molecule has 0 spiro atoms. The Morgan fingerprint density at radius 2 is 1.71 bits per heavy atom. The molecule has 4 rings (SSSR count). The Balaban J connectivity index is 1.62. The number of halogens is 3. The van der Waals surface area contributed by atoms with Crippen molar-refractivity contribution in [3.63, 3.8) is 0 Å². The molecule has 0 bridgehead atoms. The average Bonchev–Trinajstić information content (AvgIpc) is 2.87. The highest BCUT2D eigenvalue weighted by atomic mass is 19.4. The minimum absolute atomic E-state index is 0.0419. The number of benzene rings is 3. The van der Waals surface area contributed by atoms with E-state index in [1.165, 1.54) is 30.3 Å². The van der Waals surface area contributed by atoms with Crippen LogP contribution in [0.25, 0.3) is 11.0 Å². The van der Waals surface area contributed by atoms with E-state index in [1.807, 2.05) is 32.0 Å². The van der Waals surface area contributed by atoms with Gasteiger partial charge in [0.1, 0.15) is 11.3 Å². The number of hydrogen-bond acceptors (Lipinski definition) is 6. The number of anilines is 1. The largest absolute Gasteiger partial charge is 0.490 e. The molecule has 0 saturated carbocycles. The lowest BCUT2D eigenvalue weighted by molar-refractivity contribution is -0.154. The van der Waals surface area contributed by atoms with Gasteiger partial charge in [-0.3, -0.25) is 9.59 Å². The van der Waals surface area contributed by atoms with Gasteiger partial charge in [-0.1, -0.05) is 24.3 Å². The summed E-state index contributed by atoms with van der Waals surface area (Å²) in [6.45, 7) is 5.26. The van der Waals surface area contributed by atoms with E-state index in [4.69, 9.17) is 18.6 Å². The monoisotopic (exact) mass is 527 g/mol. The average molecular weight is 527 g/mol. The second-order valence-electron chi connectivity index (χ2n) is 8.38. The zero-order valence-corrected chi connectivity index (χ0v) is 20.8. The van der Waals surface area contributed by atoms with Crippen LogP contribution in [0.1, 0.15) is 23.8 Å². The molecular weight excluding hydrogens is 503 g/mol. The van der Waals surface area contributed by atoms with Gasteiger partial charge >= 0.3 is 6.18 Å². The summed E-state index contributed by atoms with van der Waals surface area (Å²) in [6.07, 6.45) is -5.04. The van der Waals surface area contributed by atoms with E-state index in [2.05, 4.69) is 5.32 Å². The van der Waals surface area contributed by atoms with Crippen molar-refractivity contribution in [2.24, 2.45) is 0 Å². The fourth-order valence-corrected chi connectivity index (χ4v) is 3.65. The smallest absolute Gasteiger partial charge is 0.453 e. The van der Waals surface area contributed by atoms with Crippen LogP contribution < -0.4 is 25.0 Å². The number of carbonyl (C=O) groups is 1. The normalized spacial score (nSPS) is 11.3. The molecule has 0 atom stereocenters. The van der Waals surface area contributed by atoms with Crippen molar-refractivity contribution in [3.05, 3.63) is 87.8 Å². The molecule has 0 saturated heterocycles.